The van der Waals surface area contributed by atoms with Gasteiger partial charge in [-0.1, -0.05) is 0 Å². The third kappa shape index (κ3) is 5.56. The first-order valence-corrected chi connectivity index (χ1v) is 6.79. The Bertz CT molecular complexity index is 499. The van der Waals surface area contributed by atoms with Crippen LogP contribution in [0.15, 0.2) is 22.9 Å². The highest BCUT2D eigenvalue weighted by Crippen LogP contribution is 2.16. The van der Waals surface area contributed by atoms with Crippen LogP contribution >= 0.6 is 15.9 Å². The SMILES string of the molecule is CC(C)(C)OC(=O)NC(Cc1ccncc1Br)C(=O)O. The number of aliphatic carboxylic acids is 1. The summed E-state index contributed by atoms with van der Waals surface area (Å²) >= 11 is 3.29. The number of hydrogen-bond donors (Lipinski definition) is 2. The Labute approximate surface area is 125 Å². The number of amides is 1. The summed E-state index contributed by atoms with van der Waals surface area (Å²) in [4.78, 5) is 26.7. The van der Waals surface area contributed by atoms with Gasteiger partial charge in [0.05, 0.1) is 0 Å². The maximum absolute atomic E-state index is 11.6. The number of nitrogens with one attached hydrogen (secondary N) is 1. The van der Waals surface area contributed by atoms with Crippen LogP contribution in [0, 0.1) is 0 Å². The van der Waals surface area contributed by atoms with E-state index in [0.717, 1.165) is 5.56 Å². The third-order valence-corrected chi connectivity index (χ3v) is 2.98. The van der Waals surface area contributed by atoms with E-state index in [0.29, 0.717) is 4.47 Å². The summed E-state index contributed by atoms with van der Waals surface area (Å²) in [5, 5.41) is 11.5. The van der Waals surface area contributed by atoms with Crippen molar-refractivity contribution >= 4 is 28.0 Å². The molecule has 1 heterocycles. The lowest BCUT2D eigenvalue weighted by Gasteiger charge is -2.22. The van der Waals surface area contributed by atoms with Crippen LogP contribution in [0.1, 0.15) is 26.3 Å². The van der Waals surface area contributed by atoms with Gasteiger partial charge in [0.2, 0.25) is 0 Å². The molecule has 6 nitrogen and oxygen atoms in total. The Hall–Kier alpha value is -1.63. The summed E-state index contributed by atoms with van der Waals surface area (Å²) in [7, 11) is 0. The molecular formula is C13H17BrN2O4. The molecule has 0 radical (unpaired) electrons. The Morgan fingerprint density at radius 3 is 2.65 bits per heavy atom. The zero-order valence-electron chi connectivity index (χ0n) is 11.5. The summed E-state index contributed by atoms with van der Waals surface area (Å²) in [5.41, 5.74) is 0.0631. The second-order valence-corrected chi connectivity index (χ2v) is 6.06. The minimum atomic E-state index is -1.13. The van der Waals surface area contributed by atoms with Crippen LogP contribution in [0.3, 0.4) is 0 Å². The molecule has 0 aromatic carbocycles. The van der Waals surface area contributed by atoms with Crippen molar-refractivity contribution in [2.24, 2.45) is 0 Å². The highest BCUT2D eigenvalue weighted by molar-refractivity contribution is 9.10. The number of carbonyl (C=O) groups is 2. The minimum Gasteiger partial charge on any atom is -0.480 e. The maximum atomic E-state index is 11.6. The van der Waals surface area contributed by atoms with Crippen molar-refractivity contribution in [2.75, 3.05) is 0 Å². The Balaban J connectivity index is 2.74. The van der Waals surface area contributed by atoms with E-state index in [9.17, 15) is 14.7 Å². The molecule has 20 heavy (non-hydrogen) atoms. The first-order chi connectivity index (χ1) is 9.19. The molecule has 0 bridgehead atoms. The summed E-state index contributed by atoms with van der Waals surface area (Å²) in [6.45, 7) is 5.13. The van der Waals surface area contributed by atoms with Crippen molar-refractivity contribution in [2.45, 2.75) is 38.8 Å². The smallest absolute Gasteiger partial charge is 0.408 e. The number of alkyl carbamates (subject to hydrolysis) is 1. The van der Waals surface area contributed by atoms with Gasteiger partial charge in [-0.15, -0.1) is 0 Å². The van der Waals surface area contributed by atoms with Crippen LogP contribution in [0.2, 0.25) is 0 Å². The number of ether oxygens (including phenoxy) is 1. The van der Waals surface area contributed by atoms with Crippen molar-refractivity contribution in [1.29, 1.82) is 0 Å². The molecule has 7 heteroatoms. The van der Waals surface area contributed by atoms with E-state index < -0.39 is 23.7 Å². The van der Waals surface area contributed by atoms with E-state index in [4.69, 9.17) is 4.74 Å². The molecule has 110 valence electrons. The first kappa shape index (κ1) is 16.4. The second-order valence-electron chi connectivity index (χ2n) is 5.21. The number of carbonyl (C=O) groups excluding carboxylic acids is 1. The molecule has 1 aromatic rings. The van der Waals surface area contributed by atoms with Crippen molar-refractivity contribution in [3.05, 3.63) is 28.5 Å². The lowest BCUT2D eigenvalue weighted by molar-refractivity contribution is -0.139. The van der Waals surface area contributed by atoms with Crippen LogP contribution in [0.25, 0.3) is 0 Å². The van der Waals surface area contributed by atoms with Gasteiger partial charge in [0.25, 0.3) is 0 Å². The zero-order valence-corrected chi connectivity index (χ0v) is 13.1. The number of aromatic nitrogens is 1. The zero-order chi connectivity index (χ0) is 15.3. The van der Waals surface area contributed by atoms with Gasteiger partial charge in [-0.3, -0.25) is 4.98 Å². The first-order valence-electron chi connectivity index (χ1n) is 6.00. The van der Waals surface area contributed by atoms with Crippen LogP contribution in [-0.2, 0) is 16.0 Å². The lowest BCUT2D eigenvalue weighted by Crippen LogP contribution is -2.44. The monoisotopic (exact) mass is 344 g/mol. The fraction of sp³-hybridized carbons (Fsp3) is 0.462. The molecule has 1 atom stereocenters. The van der Waals surface area contributed by atoms with Crippen LogP contribution in [0.4, 0.5) is 4.79 Å². The molecule has 0 fully saturated rings. The highest BCUT2D eigenvalue weighted by Gasteiger charge is 2.24. The van der Waals surface area contributed by atoms with Gasteiger partial charge in [0.1, 0.15) is 11.6 Å². The number of nitrogens with zero attached hydrogens (tertiary/aromatic N) is 1. The van der Waals surface area contributed by atoms with Gasteiger partial charge in [0, 0.05) is 23.3 Å². The number of halogens is 1. The highest BCUT2D eigenvalue weighted by atomic mass is 79.9. The summed E-state index contributed by atoms with van der Waals surface area (Å²) < 4.78 is 5.74. The average molecular weight is 345 g/mol. The third-order valence-electron chi connectivity index (χ3n) is 2.27. The Kier molecular flexibility index (Phi) is 5.50. The fourth-order valence-corrected chi connectivity index (χ4v) is 1.85. The van der Waals surface area contributed by atoms with E-state index in [-0.39, 0.29) is 6.42 Å². The molecule has 0 aliphatic carbocycles. The topological polar surface area (TPSA) is 88.5 Å². The van der Waals surface area contributed by atoms with E-state index in [1.54, 1.807) is 39.2 Å². The number of carboxylic acid groups (broad SMARTS) is 1. The van der Waals surface area contributed by atoms with E-state index in [1.807, 2.05) is 0 Å². The van der Waals surface area contributed by atoms with E-state index >= 15 is 0 Å². The number of carboxylic acids is 1. The minimum absolute atomic E-state index is 0.137. The van der Waals surface area contributed by atoms with Gasteiger partial charge < -0.3 is 15.2 Å². The normalized spacial score (nSPS) is 12.6. The Morgan fingerprint density at radius 1 is 1.50 bits per heavy atom. The summed E-state index contributed by atoms with van der Waals surface area (Å²) in [5.74, 6) is -1.13. The number of pyridine rings is 1. The van der Waals surface area contributed by atoms with Gasteiger partial charge in [0.15, 0.2) is 0 Å². The Morgan fingerprint density at radius 2 is 2.15 bits per heavy atom. The van der Waals surface area contributed by atoms with Crippen LogP contribution < -0.4 is 5.32 Å². The second kappa shape index (κ2) is 6.69. The van der Waals surface area contributed by atoms with Crippen molar-refractivity contribution in [3.63, 3.8) is 0 Å². The number of hydrogen-bond acceptors (Lipinski definition) is 4. The van der Waals surface area contributed by atoms with Crippen molar-refractivity contribution in [3.8, 4) is 0 Å². The maximum Gasteiger partial charge on any atom is 0.408 e. The molecule has 1 unspecified atom stereocenters. The molecule has 1 amide bonds. The van der Waals surface area contributed by atoms with Crippen LogP contribution in [0.5, 0.6) is 0 Å². The van der Waals surface area contributed by atoms with Crippen molar-refractivity contribution < 1.29 is 19.4 Å². The predicted molar refractivity (Wildman–Crippen MR) is 76.4 cm³/mol. The fourth-order valence-electron chi connectivity index (χ4n) is 1.44. The molecule has 1 rings (SSSR count). The van der Waals surface area contributed by atoms with Gasteiger partial charge in [-0.2, -0.15) is 0 Å². The summed E-state index contributed by atoms with van der Waals surface area (Å²) in [6, 6.07) is 0.625. The molecule has 1 aromatic heterocycles. The van der Waals surface area contributed by atoms with E-state index in [2.05, 4.69) is 26.2 Å². The molecule has 0 saturated heterocycles. The van der Waals surface area contributed by atoms with Gasteiger partial charge in [-0.05, 0) is 48.3 Å². The van der Waals surface area contributed by atoms with Crippen molar-refractivity contribution in [1.82, 2.24) is 10.3 Å². The largest absolute Gasteiger partial charge is 0.480 e. The quantitative estimate of drug-likeness (QED) is 0.875. The molecular weight excluding hydrogens is 328 g/mol. The van der Waals surface area contributed by atoms with Crippen LogP contribution in [-0.4, -0.2) is 33.8 Å². The lowest BCUT2D eigenvalue weighted by atomic mass is 10.1. The summed E-state index contributed by atoms with van der Waals surface area (Å²) in [6.07, 6.45) is 2.52. The standard InChI is InChI=1S/C13H17BrN2O4/c1-13(2,3)20-12(19)16-10(11(17)18)6-8-4-5-15-7-9(8)14/h4-5,7,10H,6H2,1-3H3,(H,16,19)(H,17,18). The predicted octanol–water partition coefficient (Wildman–Crippen LogP) is 2.36. The molecule has 2 N–H and O–H groups in total. The molecule has 0 spiro atoms. The van der Waals surface area contributed by atoms with E-state index in [1.165, 1.54) is 0 Å². The molecule has 0 aliphatic heterocycles. The molecule has 0 saturated carbocycles. The number of rotatable bonds is 4. The van der Waals surface area contributed by atoms with Gasteiger partial charge in [-0.25, -0.2) is 9.59 Å². The van der Waals surface area contributed by atoms with Gasteiger partial charge >= 0.3 is 12.1 Å². The molecule has 0 aliphatic rings. The average Bonchev–Trinajstić information content (AvgIpc) is 2.28.